The Kier molecular flexibility index (Phi) is 12.6. The molecule has 7 nitrogen and oxygen atoms in total. The summed E-state index contributed by atoms with van der Waals surface area (Å²) in [5.74, 6) is 1.87. The summed E-state index contributed by atoms with van der Waals surface area (Å²) in [5.41, 5.74) is 1.93. The van der Waals surface area contributed by atoms with E-state index in [1.165, 1.54) is 0 Å². The molecular weight excluding hydrogens is 402 g/mol. The first kappa shape index (κ1) is 27.6. The van der Waals surface area contributed by atoms with Gasteiger partial charge in [-0.15, -0.1) is 0 Å². The van der Waals surface area contributed by atoms with Gasteiger partial charge in [0.25, 0.3) is 0 Å². The quantitative estimate of drug-likeness (QED) is 0.275. The monoisotopic (exact) mass is 445 g/mol. The summed E-state index contributed by atoms with van der Waals surface area (Å²) in [6.45, 7) is 15.5. The molecule has 0 bridgehead atoms. The summed E-state index contributed by atoms with van der Waals surface area (Å²) >= 11 is 0. The second-order valence-corrected chi connectivity index (χ2v) is 7.64. The van der Waals surface area contributed by atoms with Gasteiger partial charge in [-0.2, -0.15) is 9.97 Å². The number of aromatic nitrogens is 2. The van der Waals surface area contributed by atoms with Gasteiger partial charge < -0.3 is 19.3 Å². The molecule has 0 amide bonds. The lowest BCUT2D eigenvalue weighted by Crippen LogP contribution is -2.33. The van der Waals surface area contributed by atoms with Gasteiger partial charge in [-0.05, 0) is 44.9 Å². The molecule has 0 unspecified atom stereocenters. The molecule has 0 spiro atoms. The molecule has 0 saturated heterocycles. The van der Waals surface area contributed by atoms with Crippen LogP contribution in [0.2, 0.25) is 0 Å². The minimum atomic E-state index is 0.350. The third kappa shape index (κ3) is 7.33. The number of rotatable bonds is 11. The predicted octanol–water partition coefficient (Wildman–Crippen LogP) is 5.02. The largest absolute Gasteiger partial charge is 0.461 e. The minimum absolute atomic E-state index is 0.350. The van der Waals surface area contributed by atoms with Crippen LogP contribution in [0.1, 0.15) is 59.9 Å². The van der Waals surface area contributed by atoms with E-state index in [2.05, 4.69) is 66.7 Å². The van der Waals surface area contributed by atoms with Gasteiger partial charge in [0.2, 0.25) is 0 Å². The number of hydrogen-bond donors (Lipinski definition) is 0. The zero-order chi connectivity index (χ0) is 24.1. The van der Waals surface area contributed by atoms with Crippen LogP contribution in [-0.4, -0.2) is 74.3 Å². The standard InChI is InChI=1S/C23H37N5O2.C2H6/c1-8-12-28(13-9-2)22-19-16-18(21(24-5)27(6)17(3)4)10-11-20(19)25-23(26-22)30-15-14-29-7;1-2/h10-11,16-17H,8-9,12-15H2,1-7H3;1-2H3. The van der Waals surface area contributed by atoms with Crippen molar-refractivity contribution < 1.29 is 9.47 Å². The third-order valence-corrected chi connectivity index (χ3v) is 5.04. The summed E-state index contributed by atoms with van der Waals surface area (Å²) in [6, 6.07) is 7.01. The average Bonchev–Trinajstić information content (AvgIpc) is 2.80. The van der Waals surface area contributed by atoms with Crippen LogP contribution in [0.25, 0.3) is 10.9 Å². The molecule has 0 fully saturated rings. The summed E-state index contributed by atoms with van der Waals surface area (Å²) in [4.78, 5) is 18.5. The van der Waals surface area contributed by atoms with Crippen molar-refractivity contribution in [3.05, 3.63) is 23.8 Å². The molecular formula is C25H43N5O2. The highest BCUT2D eigenvalue weighted by Crippen LogP contribution is 2.28. The Hall–Kier alpha value is -2.41. The molecule has 0 atom stereocenters. The Balaban J connectivity index is 0.00000249. The number of benzene rings is 1. The fourth-order valence-corrected chi connectivity index (χ4v) is 3.35. The Morgan fingerprint density at radius 2 is 1.72 bits per heavy atom. The third-order valence-electron chi connectivity index (χ3n) is 5.04. The van der Waals surface area contributed by atoms with Gasteiger partial charge in [-0.25, -0.2) is 0 Å². The van der Waals surface area contributed by atoms with Crippen LogP contribution in [-0.2, 0) is 4.74 Å². The lowest BCUT2D eigenvalue weighted by Gasteiger charge is -2.27. The van der Waals surface area contributed by atoms with E-state index in [-0.39, 0.29) is 0 Å². The van der Waals surface area contributed by atoms with Crippen molar-refractivity contribution in [1.82, 2.24) is 14.9 Å². The van der Waals surface area contributed by atoms with E-state index >= 15 is 0 Å². The molecule has 1 aromatic heterocycles. The lowest BCUT2D eigenvalue weighted by atomic mass is 10.1. The molecule has 1 aromatic carbocycles. The van der Waals surface area contributed by atoms with Gasteiger partial charge in [-0.1, -0.05) is 27.7 Å². The molecule has 180 valence electrons. The molecule has 0 radical (unpaired) electrons. The van der Waals surface area contributed by atoms with Gasteiger partial charge in [0.1, 0.15) is 18.3 Å². The number of nitrogens with zero attached hydrogens (tertiary/aromatic N) is 5. The predicted molar refractivity (Wildman–Crippen MR) is 136 cm³/mol. The highest BCUT2D eigenvalue weighted by Gasteiger charge is 2.18. The average molecular weight is 446 g/mol. The number of hydrogen-bond acceptors (Lipinski definition) is 6. The Bertz CT molecular complexity index is 832. The SMILES string of the molecule is CC.CCCN(CCC)c1nc(OCCOC)nc2ccc(C(=NC)N(C)C(C)C)cc12. The van der Waals surface area contributed by atoms with E-state index in [4.69, 9.17) is 14.5 Å². The topological polar surface area (TPSA) is 63.1 Å². The number of anilines is 1. The van der Waals surface area contributed by atoms with Crippen molar-refractivity contribution in [1.29, 1.82) is 0 Å². The number of amidine groups is 1. The highest BCUT2D eigenvalue weighted by atomic mass is 16.5. The fraction of sp³-hybridized carbons (Fsp3) is 0.640. The smallest absolute Gasteiger partial charge is 0.319 e. The zero-order valence-corrected chi connectivity index (χ0v) is 21.6. The molecule has 2 rings (SSSR count). The van der Waals surface area contributed by atoms with E-state index in [0.29, 0.717) is 25.3 Å². The molecule has 32 heavy (non-hydrogen) atoms. The van der Waals surface area contributed by atoms with E-state index in [9.17, 15) is 0 Å². The maximum Gasteiger partial charge on any atom is 0.319 e. The maximum atomic E-state index is 5.76. The van der Waals surface area contributed by atoms with Gasteiger partial charge in [0, 0.05) is 51.3 Å². The van der Waals surface area contributed by atoms with Crippen molar-refractivity contribution in [3.63, 3.8) is 0 Å². The van der Waals surface area contributed by atoms with Crippen LogP contribution in [0.15, 0.2) is 23.2 Å². The normalized spacial score (nSPS) is 11.4. The van der Waals surface area contributed by atoms with E-state index in [1.807, 2.05) is 27.0 Å². The second-order valence-electron chi connectivity index (χ2n) is 7.64. The molecule has 0 N–H and O–H groups in total. The van der Waals surface area contributed by atoms with Crippen molar-refractivity contribution in [2.45, 2.75) is 60.4 Å². The number of methoxy groups -OCH3 is 1. The van der Waals surface area contributed by atoms with Crippen molar-refractivity contribution in [2.24, 2.45) is 4.99 Å². The molecule has 0 aliphatic carbocycles. The van der Waals surface area contributed by atoms with Gasteiger partial charge in [-0.3, -0.25) is 4.99 Å². The van der Waals surface area contributed by atoms with Crippen molar-refractivity contribution >= 4 is 22.6 Å². The maximum absolute atomic E-state index is 5.76. The summed E-state index contributed by atoms with van der Waals surface area (Å²) in [5, 5.41) is 1.02. The first-order valence-electron chi connectivity index (χ1n) is 11.8. The number of aliphatic imine (C=N–C) groups is 1. The second kappa shape index (κ2) is 14.6. The molecule has 7 heteroatoms. The van der Waals surface area contributed by atoms with E-state index in [0.717, 1.165) is 54.1 Å². The minimum Gasteiger partial charge on any atom is -0.461 e. The summed E-state index contributed by atoms with van der Waals surface area (Å²) < 4.78 is 10.9. The molecule has 1 heterocycles. The molecule has 2 aromatic rings. The Labute approximate surface area is 194 Å². The van der Waals surface area contributed by atoms with Crippen LogP contribution < -0.4 is 9.64 Å². The van der Waals surface area contributed by atoms with E-state index in [1.54, 1.807) is 7.11 Å². The number of ether oxygens (including phenoxy) is 2. The number of fused-ring (bicyclic) bond motifs is 1. The van der Waals surface area contributed by atoms with Crippen molar-refractivity contribution in [2.75, 3.05) is 52.4 Å². The highest BCUT2D eigenvalue weighted by molar-refractivity contribution is 6.03. The summed E-state index contributed by atoms with van der Waals surface area (Å²) in [7, 11) is 5.56. The van der Waals surface area contributed by atoms with Gasteiger partial charge >= 0.3 is 6.01 Å². The van der Waals surface area contributed by atoms with Crippen LogP contribution >= 0.6 is 0 Å². The van der Waals surface area contributed by atoms with Crippen LogP contribution in [0.5, 0.6) is 6.01 Å². The molecule has 0 saturated carbocycles. The Morgan fingerprint density at radius 3 is 2.25 bits per heavy atom. The first-order valence-corrected chi connectivity index (χ1v) is 11.8. The Morgan fingerprint density at radius 1 is 1.06 bits per heavy atom. The van der Waals surface area contributed by atoms with Crippen molar-refractivity contribution in [3.8, 4) is 6.01 Å². The van der Waals surface area contributed by atoms with Gasteiger partial charge in [0.15, 0.2) is 0 Å². The summed E-state index contributed by atoms with van der Waals surface area (Å²) in [6.07, 6.45) is 2.09. The van der Waals surface area contributed by atoms with Gasteiger partial charge in [0.05, 0.1) is 12.1 Å². The lowest BCUT2D eigenvalue weighted by molar-refractivity contribution is 0.141. The first-order chi connectivity index (χ1) is 15.5. The van der Waals surface area contributed by atoms with E-state index < -0.39 is 0 Å². The fourth-order valence-electron chi connectivity index (χ4n) is 3.35. The molecule has 0 aliphatic rings. The van der Waals surface area contributed by atoms with Crippen LogP contribution in [0.4, 0.5) is 5.82 Å². The zero-order valence-electron chi connectivity index (χ0n) is 21.6. The van der Waals surface area contributed by atoms with Crippen LogP contribution in [0, 0.1) is 0 Å². The van der Waals surface area contributed by atoms with Crippen LogP contribution in [0.3, 0.4) is 0 Å². The molecule has 0 aliphatic heterocycles.